The van der Waals surface area contributed by atoms with Crippen molar-refractivity contribution in [3.05, 3.63) is 0 Å². The molecule has 0 aliphatic rings. The molecule has 0 amide bonds. The van der Waals surface area contributed by atoms with Crippen molar-refractivity contribution in [2.75, 3.05) is 0 Å². The second-order valence-electron chi connectivity index (χ2n) is 0. The van der Waals surface area contributed by atoms with Crippen molar-refractivity contribution in [3.8, 4) is 0 Å². The molecule has 20 valence electrons. The summed E-state index contributed by atoms with van der Waals surface area (Å²) in [5.74, 6) is 0. The van der Waals surface area contributed by atoms with Gasteiger partial charge in [0.25, 0.3) is 0 Å². The maximum Gasteiger partial charge on any atom is 2.00 e. The van der Waals surface area contributed by atoms with Gasteiger partial charge in [-0.2, -0.15) is 0 Å². The average molecular weight is 176 g/mol. The Labute approximate surface area is 47.8 Å². The standard InChI is InChI=1S/2O.Se.Zn/q2*-2;2*+2. The molecule has 0 N–H and O–H groups in total. The number of hydrogen-bond acceptors (Lipinski definition) is 0. The summed E-state index contributed by atoms with van der Waals surface area (Å²) in [5, 5.41) is 0. The van der Waals surface area contributed by atoms with Crippen molar-refractivity contribution in [1.29, 1.82) is 0 Å². The molecule has 0 saturated carbocycles. The van der Waals surface area contributed by atoms with E-state index < -0.39 is 0 Å². The first-order valence-corrected chi connectivity index (χ1v) is 0. The molecule has 0 aliphatic carbocycles. The molecule has 0 saturated heterocycles. The van der Waals surface area contributed by atoms with E-state index in [1.165, 1.54) is 0 Å². The fourth-order valence-corrected chi connectivity index (χ4v) is 0. The first-order valence-electron chi connectivity index (χ1n) is 0. The van der Waals surface area contributed by atoms with Gasteiger partial charge in [0.2, 0.25) is 0 Å². The maximum atomic E-state index is 0. The third-order valence-electron chi connectivity index (χ3n) is 0. The second-order valence-corrected chi connectivity index (χ2v) is 0. The van der Waals surface area contributed by atoms with E-state index in [0.29, 0.717) is 0 Å². The molecule has 4 heteroatoms. The van der Waals surface area contributed by atoms with E-state index in [4.69, 9.17) is 0 Å². The topological polar surface area (TPSA) is 57.0 Å². The van der Waals surface area contributed by atoms with Crippen LogP contribution < -0.4 is 0 Å². The molecule has 0 aromatic carbocycles. The van der Waals surface area contributed by atoms with E-state index in [9.17, 15) is 0 Å². The Morgan fingerprint density at radius 3 is 0.750 bits per heavy atom. The van der Waals surface area contributed by atoms with Crippen LogP contribution in [-0.2, 0) is 30.4 Å². The molecular weight excluding hydrogens is 176 g/mol. The molecule has 0 heterocycles. The minimum atomic E-state index is 0. The summed E-state index contributed by atoms with van der Waals surface area (Å²) in [4.78, 5) is 0. The van der Waals surface area contributed by atoms with Crippen molar-refractivity contribution in [2.24, 2.45) is 0 Å². The molecule has 0 spiro atoms. The molecule has 0 aromatic rings. The van der Waals surface area contributed by atoms with Crippen LogP contribution in [0, 0.1) is 0 Å². The van der Waals surface area contributed by atoms with E-state index in [1.54, 1.807) is 0 Å². The van der Waals surface area contributed by atoms with E-state index in [2.05, 4.69) is 0 Å². The molecular formula is O2SeZn. The van der Waals surface area contributed by atoms with Gasteiger partial charge in [0, 0.05) is 0 Å². The predicted molar refractivity (Wildman–Crippen MR) is 7.13 cm³/mol. The second kappa shape index (κ2) is 33.7. The smallest absolute Gasteiger partial charge is 2.00 e. The van der Waals surface area contributed by atoms with E-state index >= 15 is 0 Å². The van der Waals surface area contributed by atoms with Gasteiger partial charge in [0.15, 0.2) is 0 Å². The molecule has 2 nitrogen and oxygen atoms in total. The first-order chi connectivity index (χ1) is 0. The average Bonchev–Trinajstić information content (AvgIpc) is 0. The van der Waals surface area contributed by atoms with E-state index in [-0.39, 0.29) is 47.5 Å². The first kappa shape index (κ1) is 74.0. The molecule has 4 radical (unpaired) electrons. The molecule has 0 fully saturated rings. The third-order valence-corrected chi connectivity index (χ3v) is 0. The van der Waals surface area contributed by atoms with Gasteiger partial charge in [-0.05, 0) is 0 Å². The Bertz CT molecular complexity index is 6.00. The van der Waals surface area contributed by atoms with Crippen molar-refractivity contribution in [2.45, 2.75) is 0 Å². The Morgan fingerprint density at radius 1 is 0.750 bits per heavy atom. The van der Waals surface area contributed by atoms with E-state index in [0.717, 1.165) is 0 Å². The van der Waals surface area contributed by atoms with Crippen molar-refractivity contribution >= 4 is 17.1 Å². The van der Waals surface area contributed by atoms with Crippen molar-refractivity contribution in [1.82, 2.24) is 0 Å². The summed E-state index contributed by atoms with van der Waals surface area (Å²) >= 11 is 0. The SMILES string of the molecule is [O-2].[O-2].[Se+2].[Zn+2]. The van der Waals surface area contributed by atoms with Crippen LogP contribution in [0.15, 0.2) is 0 Å². The van der Waals surface area contributed by atoms with Gasteiger partial charge in [-0.3, -0.25) is 0 Å². The monoisotopic (exact) mass is 176 g/mol. The molecule has 4 heavy (non-hydrogen) atoms. The largest absolute Gasteiger partial charge is 2.00 e. The Morgan fingerprint density at radius 2 is 0.750 bits per heavy atom. The summed E-state index contributed by atoms with van der Waals surface area (Å²) in [7, 11) is 0. The molecule has 0 rings (SSSR count). The van der Waals surface area contributed by atoms with Crippen LogP contribution in [0.3, 0.4) is 0 Å². The molecule has 0 unspecified atom stereocenters. The fourth-order valence-electron chi connectivity index (χ4n) is 0. The molecule has 0 bridgehead atoms. The summed E-state index contributed by atoms with van der Waals surface area (Å²) in [5.41, 5.74) is 0. The van der Waals surface area contributed by atoms with Gasteiger partial charge < -0.3 is 11.0 Å². The third kappa shape index (κ3) is 11.5. The zero-order chi connectivity index (χ0) is 0. The molecule has 0 atom stereocenters. The fraction of sp³-hybridized carbons (Fsp3) is 0. The quantitative estimate of drug-likeness (QED) is 0.442. The zero-order valence-electron chi connectivity index (χ0n) is 1.93. The van der Waals surface area contributed by atoms with E-state index in [1.807, 2.05) is 0 Å². The van der Waals surface area contributed by atoms with Crippen LogP contribution in [0.1, 0.15) is 0 Å². The summed E-state index contributed by atoms with van der Waals surface area (Å²) < 4.78 is 0. The van der Waals surface area contributed by atoms with Gasteiger partial charge in [-0.15, -0.1) is 0 Å². The summed E-state index contributed by atoms with van der Waals surface area (Å²) in [6.07, 6.45) is 0. The summed E-state index contributed by atoms with van der Waals surface area (Å²) in [6.45, 7) is 0. The summed E-state index contributed by atoms with van der Waals surface area (Å²) in [6, 6.07) is 0. The van der Waals surface area contributed by atoms with Crippen LogP contribution in [-0.4, -0.2) is 17.1 Å². The normalized spacial score (nSPS) is 0. The van der Waals surface area contributed by atoms with Gasteiger partial charge in [-0.25, -0.2) is 0 Å². The maximum absolute atomic E-state index is 0. The zero-order valence-corrected chi connectivity index (χ0v) is 6.61. The van der Waals surface area contributed by atoms with Crippen molar-refractivity contribution in [3.63, 3.8) is 0 Å². The minimum absolute atomic E-state index is 0. The minimum Gasteiger partial charge on any atom is -2.00 e. The van der Waals surface area contributed by atoms with Gasteiger partial charge in [-0.1, -0.05) is 0 Å². The number of hydrogen-bond donors (Lipinski definition) is 0. The van der Waals surface area contributed by atoms with Crippen LogP contribution in [0.25, 0.3) is 0 Å². The van der Waals surface area contributed by atoms with Crippen LogP contribution in [0.5, 0.6) is 0 Å². The van der Waals surface area contributed by atoms with Gasteiger partial charge in [0.1, 0.15) is 0 Å². The van der Waals surface area contributed by atoms with Gasteiger partial charge in [0.05, 0.1) is 0 Å². The Balaban J connectivity index is 0. The van der Waals surface area contributed by atoms with Crippen LogP contribution in [0.2, 0.25) is 0 Å². The Hall–Kier alpha value is 1.06. The van der Waals surface area contributed by atoms with Crippen LogP contribution in [0.4, 0.5) is 0 Å². The predicted octanol–water partition coefficient (Wildman–Crippen LogP) is -0.621. The Kier molecular flexibility index (Phi) is 624. The molecule has 0 aromatic heterocycles. The number of rotatable bonds is 0. The van der Waals surface area contributed by atoms with Gasteiger partial charge >= 0.3 is 36.5 Å². The van der Waals surface area contributed by atoms with Crippen LogP contribution >= 0.6 is 0 Å². The molecule has 0 aliphatic heterocycles. The van der Waals surface area contributed by atoms with Crippen molar-refractivity contribution < 1.29 is 30.4 Å².